The number of aromatic nitrogens is 2. The number of benzene rings is 1. The zero-order valence-corrected chi connectivity index (χ0v) is 10.1. The Balaban J connectivity index is 2.21. The lowest BCUT2D eigenvalue weighted by atomic mass is 10.0. The minimum absolute atomic E-state index is 0.133. The van der Waals surface area contributed by atoms with Crippen LogP contribution in [0.25, 0.3) is 11.0 Å². The van der Waals surface area contributed by atoms with Crippen molar-refractivity contribution >= 4 is 17.0 Å². The minimum Gasteiger partial charge on any atom is -0.478 e. The summed E-state index contributed by atoms with van der Waals surface area (Å²) in [4.78, 5) is 15.4. The largest absolute Gasteiger partial charge is 0.478 e. The molecule has 1 fully saturated rings. The molecule has 1 aliphatic heterocycles. The van der Waals surface area contributed by atoms with Crippen LogP contribution < -0.4 is 0 Å². The van der Waals surface area contributed by atoms with Gasteiger partial charge >= 0.3 is 5.97 Å². The number of rotatable bonds is 2. The molecule has 1 saturated heterocycles. The first-order valence-corrected chi connectivity index (χ1v) is 5.89. The topological polar surface area (TPSA) is 64.4 Å². The van der Waals surface area contributed by atoms with Gasteiger partial charge in [-0.05, 0) is 25.5 Å². The summed E-state index contributed by atoms with van der Waals surface area (Å²) < 4.78 is 7.48. The fourth-order valence-electron chi connectivity index (χ4n) is 2.49. The third kappa shape index (κ3) is 1.51. The van der Waals surface area contributed by atoms with Gasteiger partial charge in [-0.25, -0.2) is 9.78 Å². The molecule has 0 spiro atoms. The summed E-state index contributed by atoms with van der Waals surface area (Å²) in [7, 11) is 0. The van der Waals surface area contributed by atoms with E-state index in [2.05, 4.69) is 11.9 Å². The van der Waals surface area contributed by atoms with Crippen molar-refractivity contribution < 1.29 is 14.6 Å². The number of carbonyl (C=O) groups is 1. The van der Waals surface area contributed by atoms with Gasteiger partial charge in [0.05, 0.1) is 29.6 Å². The maximum absolute atomic E-state index is 11.2. The normalized spacial score (nSPS) is 23.6. The van der Waals surface area contributed by atoms with Crippen LogP contribution in [-0.2, 0) is 10.3 Å². The zero-order valence-electron chi connectivity index (χ0n) is 10.1. The van der Waals surface area contributed by atoms with Gasteiger partial charge in [0, 0.05) is 6.61 Å². The van der Waals surface area contributed by atoms with Crippen LogP contribution in [0.4, 0.5) is 0 Å². The van der Waals surface area contributed by atoms with Crippen molar-refractivity contribution in [2.75, 3.05) is 13.2 Å². The summed E-state index contributed by atoms with van der Waals surface area (Å²) >= 11 is 0. The van der Waals surface area contributed by atoms with Gasteiger partial charge in [-0.2, -0.15) is 0 Å². The quantitative estimate of drug-likeness (QED) is 0.878. The summed E-state index contributed by atoms with van der Waals surface area (Å²) in [6, 6.07) is 5.23. The van der Waals surface area contributed by atoms with Crippen molar-refractivity contribution in [1.29, 1.82) is 0 Å². The van der Waals surface area contributed by atoms with Gasteiger partial charge in [0.1, 0.15) is 5.52 Å². The first-order valence-electron chi connectivity index (χ1n) is 5.89. The summed E-state index contributed by atoms with van der Waals surface area (Å²) in [5.74, 6) is -0.946. The number of hydrogen-bond acceptors (Lipinski definition) is 3. The first-order chi connectivity index (χ1) is 8.62. The Morgan fingerprint density at radius 2 is 2.39 bits per heavy atom. The Kier molecular flexibility index (Phi) is 2.38. The van der Waals surface area contributed by atoms with E-state index in [9.17, 15) is 4.79 Å². The standard InChI is InChI=1S/C13H14N2O3/c1-13(5-6-18-7-13)15-8-14-11-9(12(16)17)3-2-4-10(11)15/h2-4,8H,5-7H2,1H3,(H,16,17). The average molecular weight is 246 g/mol. The summed E-state index contributed by atoms with van der Waals surface area (Å²) in [6.07, 6.45) is 2.63. The van der Waals surface area contributed by atoms with Crippen LogP contribution in [0.3, 0.4) is 0 Å². The molecule has 1 aromatic carbocycles. The van der Waals surface area contributed by atoms with Crippen molar-refractivity contribution in [1.82, 2.24) is 9.55 Å². The van der Waals surface area contributed by atoms with Crippen LogP contribution in [-0.4, -0.2) is 33.8 Å². The molecule has 1 N–H and O–H groups in total. The summed E-state index contributed by atoms with van der Waals surface area (Å²) in [5, 5.41) is 9.15. The van der Waals surface area contributed by atoms with Gasteiger partial charge in [0.2, 0.25) is 0 Å². The van der Waals surface area contributed by atoms with Gasteiger partial charge in [-0.3, -0.25) is 0 Å². The second kappa shape index (κ2) is 3.81. The van der Waals surface area contributed by atoms with E-state index in [-0.39, 0.29) is 11.1 Å². The molecule has 0 bridgehead atoms. The molecular weight excluding hydrogens is 232 g/mol. The molecule has 0 aliphatic carbocycles. The fraction of sp³-hybridized carbons (Fsp3) is 0.385. The second-order valence-electron chi connectivity index (χ2n) is 4.89. The van der Waals surface area contributed by atoms with Crippen molar-refractivity contribution in [2.45, 2.75) is 18.9 Å². The molecule has 18 heavy (non-hydrogen) atoms. The van der Waals surface area contributed by atoms with E-state index < -0.39 is 5.97 Å². The molecule has 94 valence electrons. The molecule has 1 aromatic heterocycles. The number of ether oxygens (including phenoxy) is 1. The number of carboxylic acid groups (broad SMARTS) is 1. The van der Waals surface area contributed by atoms with Crippen molar-refractivity contribution in [3.05, 3.63) is 30.1 Å². The number of nitrogens with zero attached hydrogens (tertiary/aromatic N) is 2. The fourth-order valence-corrected chi connectivity index (χ4v) is 2.49. The van der Waals surface area contributed by atoms with Gasteiger partial charge in [-0.15, -0.1) is 0 Å². The maximum atomic E-state index is 11.2. The van der Waals surface area contributed by atoms with E-state index in [1.54, 1.807) is 18.5 Å². The second-order valence-corrected chi connectivity index (χ2v) is 4.89. The van der Waals surface area contributed by atoms with Crippen LogP contribution in [0.2, 0.25) is 0 Å². The molecule has 3 rings (SSSR count). The highest BCUT2D eigenvalue weighted by molar-refractivity contribution is 6.00. The van der Waals surface area contributed by atoms with E-state index in [1.165, 1.54) is 0 Å². The molecule has 1 aliphatic rings. The van der Waals surface area contributed by atoms with E-state index >= 15 is 0 Å². The van der Waals surface area contributed by atoms with Gasteiger partial charge in [0.15, 0.2) is 0 Å². The number of fused-ring (bicyclic) bond motifs is 1. The smallest absolute Gasteiger partial charge is 0.337 e. The van der Waals surface area contributed by atoms with Crippen molar-refractivity contribution in [3.63, 3.8) is 0 Å². The maximum Gasteiger partial charge on any atom is 0.337 e. The molecule has 2 heterocycles. The van der Waals surface area contributed by atoms with Crippen molar-refractivity contribution in [3.8, 4) is 0 Å². The monoisotopic (exact) mass is 246 g/mol. The lowest BCUT2D eigenvalue weighted by Crippen LogP contribution is -2.29. The van der Waals surface area contributed by atoms with Gasteiger partial charge in [0.25, 0.3) is 0 Å². The SMILES string of the molecule is CC1(n2cnc3c(C(=O)O)cccc32)CCOC1. The minimum atomic E-state index is -0.946. The van der Waals surface area contributed by atoms with Crippen LogP contribution in [0.15, 0.2) is 24.5 Å². The summed E-state index contributed by atoms with van der Waals surface area (Å²) in [5.41, 5.74) is 1.50. The molecular formula is C13H14N2O3. The highest BCUT2D eigenvalue weighted by Crippen LogP contribution is 2.31. The highest BCUT2D eigenvalue weighted by atomic mass is 16.5. The number of aromatic carboxylic acids is 1. The Morgan fingerprint density at radius 3 is 3.06 bits per heavy atom. The van der Waals surface area contributed by atoms with E-state index in [1.807, 2.05) is 10.6 Å². The molecule has 0 saturated carbocycles. The van der Waals surface area contributed by atoms with E-state index in [0.29, 0.717) is 12.1 Å². The van der Waals surface area contributed by atoms with E-state index in [4.69, 9.17) is 9.84 Å². The molecule has 5 nitrogen and oxygen atoms in total. The lowest BCUT2D eigenvalue weighted by Gasteiger charge is -2.24. The zero-order chi connectivity index (χ0) is 12.8. The Hall–Kier alpha value is -1.88. The van der Waals surface area contributed by atoms with E-state index in [0.717, 1.165) is 18.5 Å². The Bertz CT molecular complexity index is 612. The molecule has 0 amide bonds. The molecule has 0 radical (unpaired) electrons. The average Bonchev–Trinajstić information content (AvgIpc) is 2.94. The lowest BCUT2D eigenvalue weighted by molar-refractivity contribution is 0.0699. The van der Waals surface area contributed by atoms with Crippen LogP contribution in [0.5, 0.6) is 0 Å². The first kappa shape index (κ1) is 11.2. The predicted octanol–water partition coefficient (Wildman–Crippen LogP) is 1.87. The third-order valence-corrected chi connectivity index (χ3v) is 3.59. The van der Waals surface area contributed by atoms with Gasteiger partial charge in [-0.1, -0.05) is 6.07 Å². The Labute approximate surface area is 104 Å². The molecule has 1 unspecified atom stereocenters. The predicted molar refractivity (Wildman–Crippen MR) is 65.8 cm³/mol. The molecule has 2 aromatic rings. The molecule has 1 atom stereocenters. The number of carboxylic acids is 1. The van der Waals surface area contributed by atoms with Crippen molar-refractivity contribution in [2.24, 2.45) is 0 Å². The highest BCUT2D eigenvalue weighted by Gasteiger charge is 2.33. The number of para-hydroxylation sites is 1. The van der Waals surface area contributed by atoms with Crippen LogP contribution >= 0.6 is 0 Å². The molecule has 5 heteroatoms. The third-order valence-electron chi connectivity index (χ3n) is 3.59. The number of hydrogen-bond donors (Lipinski definition) is 1. The van der Waals surface area contributed by atoms with Gasteiger partial charge < -0.3 is 14.4 Å². The summed E-state index contributed by atoms with van der Waals surface area (Å²) in [6.45, 7) is 3.47. The van der Waals surface area contributed by atoms with Crippen LogP contribution in [0, 0.1) is 0 Å². The number of imidazole rings is 1. The Morgan fingerprint density at radius 1 is 1.56 bits per heavy atom. The van der Waals surface area contributed by atoms with Crippen LogP contribution in [0.1, 0.15) is 23.7 Å².